The Morgan fingerprint density at radius 2 is 2.20 bits per heavy atom. The molecule has 1 aromatic heterocycles. The van der Waals surface area contributed by atoms with Gasteiger partial charge < -0.3 is 10.6 Å². The summed E-state index contributed by atoms with van der Waals surface area (Å²) in [6, 6.07) is 1.21. The van der Waals surface area contributed by atoms with Crippen molar-refractivity contribution in [3.05, 3.63) is 22.8 Å². The number of alkyl halides is 3. The zero-order valence-corrected chi connectivity index (χ0v) is 11.7. The van der Waals surface area contributed by atoms with E-state index in [2.05, 4.69) is 4.98 Å². The first-order chi connectivity index (χ1) is 9.43. The van der Waals surface area contributed by atoms with Gasteiger partial charge in [-0.3, -0.25) is 0 Å². The minimum absolute atomic E-state index is 0.0551. The van der Waals surface area contributed by atoms with Crippen molar-refractivity contribution in [2.75, 3.05) is 18.0 Å². The molecule has 1 fully saturated rings. The largest absolute Gasteiger partial charge is 0.417 e. The highest BCUT2D eigenvalue weighted by Gasteiger charge is 2.33. The summed E-state index contributed by atoms with van der Waals surface area (Å²) in [4.78, 5) is 5.93. The van der Waals surface area contributed by atoms with Gasteiger partial charge in [0.1, 0.15) is 5.82 Å². The third-order valence-electron chi connectivity index (χ3n) is 3.54. The van der Waals surface area contributed by atoms with E-state index in [4.69, 9.17) is 17.3 Å². The fourth-order valence-corrected chi connectivity index (χ4v) is 2.84. The molecule has 3 nitrogen and oxygen atoms in total. The predicted molar refractivity (Wildman–Crippen MR) is 72.9 cm³/mol. The Bertz CT molecular complexity index is 465. The molecular formula is C13H17ClF3N3. The Morgan fingerprint density at radius 3 is 2.80 bits per heavy atom. The summed E-state index contributed by atoms with van der Waals surface area (Å²) in [7, 11) is 0. The Balaban J connectivity index is 2.20. The summed E-state index contributed by atoms with van der Waals surface area (Å²) in [5.41, 5.74) is 4.69. The molecule has 0 aliphatic carbocycles. The lowest BCUT2D eigenvalue weighted by molar-refractivity contribution is -0.137. The Kier molecular flexibility index (Phi) is 4.75. The smallest absolute Gasteiger partial charge is 0.352 e. The molecular weight excluding hydrogens is 291 g/mol. The molecule has 2 N–H and O–H groups in total. The quantitative estimate of drug-likeness (QED) is 0.926. The van der Waals surface area contributed by atoms with Crippen LogP contribution in [0.25, 0.3) is 0 Å². The van der Waals surface area contributed by atoms with Crippen LogP contribution in [0.2, 0.25) is 5.02 Å². The van der Waals surface area contributed by atoms with Gasteiger partial charge in [-0.15, -0.1) is 0 Å². The molecule has 1 saturated heterocycles. The lowest BCUT2D eigenvalue weighted by atomic mass is 10.1. The average molecular weight is 308 g/mol. The lowest BCUT2D eigenvalue weighted by Gasteiger charge is -2.26. The number of hydrogen-bond acceptors (Lipinski definition) is 3. The zero-order valence-electron chi connectivity index (χ0n) is 11.0. The monoisotopic (exact) mass is 307 g/mol. The number of anilines is 1. The van der Waals surface area contributed by atoms with Gasteiger partial charge in [0, 0.05) is 18.8 Å². The van der Waals surface area contributed by atoms with Crippen molar-refractivity contribution in [1.29, 1.82) is 0 Å². The average Bonchev–Trinajstić information content (AvgIpc) is 2.83. The maximum Gasteiger partial charge on any atom is 0.417 e. The predicted octanol–water partition coefficient (Wildman–Crippen LogP) is 3.46. The van der Waals surface area contributed by atoms with Crippen molar-refractivity contribution in [3.63, 3.8) is 0 Å². The number of nitrogens with two attached hydrogens (primary N) is 1. The Labute approximate surface area is 120 Å². The SMILES string of the molecule is NCCCC1CCCN1c1ncc(C(F)(F)F)cc1Cl. The van der Waals surface area contributed by atoms with Crippen LogP contribution in [-0.2, 0) is 6.18 Å². The number of nitrogens with zero attached hydrogens (tertiary/aromatic N) is 2. The third-order valence-corrected chi connectivity index (χ3v) is 3.82. The molecule has 1 aromatic rings. The van der Waals surface area contributed by atoms with Gasteiger partial charge in [0.2, 0.25) is 0 Å². The van der Waals surface area contributed by atoms with E-state index in [-0.39, 0.29) is 11.1 Å². The van der Waals surface area contributed by atoms with Gasteiger partial charge in [-0.25, -0.2) is 4.98 Å². The summed E-state index contributed by atoms with van der Waals surface area (Å²) in [5.74, 6) is 0.444. The van der Waals surface area contributed by atoms with Crippen LogP contribution in [-0.4, -0.2) is 24.1 Å². The Morgan fingerprint density at radius 1 is 1.45 bits per heavy atom. The normalized spacial score (nSPS) is 19.6. The van der Waals surface area contributed by atoms with Gasteiger partial charge in [-0.1, -0.05) is 11.6 Å². The first kappa shape index (κ1) is 15.4. The molecule has 112 valence electrons. The molecule has 1 unspecified atom stereocenters. The molecule has 0 bridgehead atoms. The first-order valence-corrected chi connectivity index (χ1v) is 7.00. The molecule has 0 spiro atoms. The highest BCUT2D eigenvalue weighted by atomic mass is 35.5. The molecule has 0 radical (unpaired) electrons. The van der Waals surface area contributed by atoms with E-state index in [1.165, 1.54) is 0 Å². The van der Waals surface area contributed by atoms with E-state index in [1.807, 2.05) is 4.90 Å². The second kappa shape index (κ2) is 6.18. The third kappa shape index (κ3) is 3.35. The molecule has 0 amide bonds. The van der Waals surface area contributed by atoms with Crippen LogP contribution in [0.3, 0.4) is 0 Å². The second-order valence-corrected chi connectivity index (χ2v) is 5.35. The van der Waals surface area contributed by atoms with Crippen molar-refractivity contribution in [2.45, 2.75) is 37.9 Å². The fraction of sp³-hybridized carbons (Fsp3) is 0.615. The van der Waals surface area contributed by atoms with Gasteiger partial charge in [-0.05, 0) is 38.3 Å². The fourth-order valence-electron chi connectivity index (χ4n) is 2.57. The van der Waals surface area contributed by atoms with Crippen LogP contribution in [0.1, 0.15) is 31.2 Å². The molecule has 1 aliphatic heterocycles. The Hall–Kier alpha value is -1.01. The minimum Gasteiger partial charge on any atom is -0.352 e. The number of hydrogen-bond donors (Lipinski definition) is 1. The summed E-state index contributed by atoms with van der Waals surface area (Å²) in [5, 5.41) is 0.0551. The summed E-state index contributed by atoms with van der Waals surface area (Å²) < 4.78 is 37.8. The van der Waals surface area contributed by atoms with Crippen LogP contribution in [0.5, 0.6) is 0 Å². The van der Waals surface area contributed by atoms with Crippen LogP contribution in [0.4, 0.5) is 19.0 Å². The molecule has 0 saturated carbocycles. The minimum atomic E-state index is -4.42. The molecule has 2 heterocycles. The van der Waals surface area contributed by atoms with E-state index in [0.29, 0.717) is 12.4 Å². The lowest BCUT2D eigenvalue weighted by Crippen LogP contribution is -2.30. The molecule has 7 heteroatoms. The van der Waals surface area contributed by atoms with Crippen molar-refractivity contribution in [1.82, 2.24) is 4.98 Å². The van der Waals surface area contributed by atoms with Crippen molar-refractivity contribution >= 4 is 17.4 Å². The molecule has 1 atom stereocenters. The maximum absolute atomic E-state index is 12.6. The number of pyridine rings is 1. The van der Waals surface area contributed by atoms with Gasteiger partial charge in [0.15, 0.2) is 0 Å². The first-order valence-electron chi connectivity index (χ1n) is 6.63. The molecule has 2 rings (SSSR count). The van der Waals surface area contributed by atoms with Crippen molar-refractivity contribution in [3.8, 4) is 0 Å². The van der Waals surface area contributed by atoms with Crippen LogP contribution in [0, 0.1) is 0 Å². The van der Waals surface area contributed by atoms with Crippen LogP contribution in [0.15, 0.2) is 12.3 Å². The number of halogens is 4. The molecule has 20 heavy (non-hydrogen) atoms. The van der Waals surface area contributed by atoms with E-state index in [1.54, 1.807) is 0 Å². The van der Waals surface area contributed by atoms with Crippen LogP contribution < -0.4 is 10.6 Å². The molecule has 1 aliphatic rings. The summed E-state index contributed by atoms with van der Waals surface area (Å²) >= 11 is 5.99. The highest BCUT2D eigenvalue weighted by molar-refractivity contribution is 6.33. The number of aromatic nitrogens is 1. The summed E-state index contributed by atoms with van der Waals surface area (Å²) in [6.07, 6.45) is 0.223. The van der Waals surface area contributed by atoms with E-state index >= 15 is 0 Å². The second-order valence-electron chi connectivity index (χ2n) is 4.95. The summed E-state index contributed by atoms with van der Waals surface area (Å²) in [6.45, 7) is 1.38. The van der Waals surface area contributed by atoms with E-state index in [9.17, 15) is 13.2 Å². The van der Waals surface area contributed by atoms with E-state index < -0.39 is 11.7 Å². The van der Waals surface area contributed by atoms with E-state index in [0.717, 1.165) is 44.5 Å². The molecule has 0 aromatic carbocycles. The topological polar surface area (TPSA) is 42.1 Å². The van der Waals surface area contributed by atoms with Crippen LogP contribution >= 0.6 is 11.6 Å². The maximum atomic E-state index is 12.6. The number of rotatable bonds is 4. The van der Waals surface area contributed by atoms with Gasteiger partial charge >= 0.3 is 6.18 Å². The highest BCUT2D eigenvalue weighted by Crippen LogP contribution is 2.36. The van der Waals surface area contributed by atoms with Crippen molar-refractivity contribution < 1.29 is 13.2 Å². The van der Waals surface area contributed by atoms with Gasteiger partial charge in [0.05, 0.1) is 10.6 Å². The van der Waals surface area contributed by atoms with Crippen molar-refractivity contribution in [2.24, 2.45) is 5.73 Å². The van der Waals surface area contributed by atoms with Gasteiger partial charge in [-0.2, -0.15) is 13.2 Å². The zero-order chi connectivity index (χ0) is 14.8. The standard InChI is InChI=1S/C13H17ClF3N3/c14-11-7-9(13(15,16)17)8-19-12(11)20-6-2-4-10(20)3-1-5-18/h7-8,10H,1-6,18H2. The van der Waals surface area contributed by atoms with Gasteiger partial charge in [0.25, 0.3) is 0 Å².